The van der Waals surface area contributed by atoms with Crippen LogP contribution in [0.25, 0.3) is 0 Å². The minimum atomic E-state index is 0.0739. The number of methoxy groups -OCH3 is 1. The predicted octanol–water partition coefficient (Wildman–Crippen LogP) is 4.97. The summed E-state index contributed by atoms with van der Waals surface area (Å²) >= 11 is 18.3. The second kappa shape index (κ2) is 7.70. The maximum absolute atomic E-state index is 6.25. The summed E-state index contributed by atoms with van der Waals surface area (Å²) in [6.45, 7) is 7.01. The van der Waals surface area contributed by atoms with Gasteiger partial charge in [-0.3, -0.25) is 0 Å². The first-order chi connectivity index (χ1) is 8.88. The van der Waals surface area contributed by atoms with Crippen LogP contribution in [-0.4, -0.2) is 19.8 Å². The van der Waals surface area contributed by atoms with Gasteiger partial charge in [0.2, 0.25) is 0 Å². The third kappa shape index (κ3) is 4.51. The maximum Gasteiger partial charge on any atom is 0.0781 e. The molecule has 1 aromatic rings. The molecule has 0 heterocycles. The van der Waals surface area contributed by atoms with Crippen molar-refractivity contribution in [2.24, 2.45) is 5.92 Å². The van der Waals surface area contributed by atoms with Crippen LogP contribution >= 0.6 is 34.8 Å². The van der Waals surface area contributed by atoms with Gasteiger partial charge >= 0.3 is 0 Å². The highest BCUT2D eigenvalue weighted by molar-refractivity contribution is 6.48. The minimum Gasteiger partial charge on any atom is -0.383 e. The monoisotopic (exact) mass is 323 g/mol. The summed E-state index contributed by atoms with van der Waals surface area (Å²) in [6.07, 6.45) is 0. The van der Waals surface area contributed by atoms with Crippen LogP contribution in [0.5, 0.6) is 0 Å². The molecule has 0 bridgehead atoms. The predicted molar refractivity (Wildman–Crippen MR) is 83.5 cm³/mol. The summed E-state index contributed by atoms with van der Waals surface area (Å²) in [7, 11) is 1.70. The largest absolute Gasteiger partial charge is 0.383 e. The van der Waals surface area contributed by atoms with Crippen LogP contribution in [0.1, 0.15) is 32.4 Å². The van der Waals surface area contributed by atoms with Crippen molar-refractivity contribution in [2.75, 3.05) is 13.7 Å². The molecule has 1 rings (SSSR count). The van der Waals surface area contributed by atoms with E-state index in [0.717, 1.165) is 5.56 Å². The number of benzene rings is 1. The van der Waals surface area contributed by atoms with Crippen LogP contribution in [0.2, 0.25) is 15.1 Å². The first-order valence-corrected chi connectivity index (χ1v) is 7.40. The minimum absolute atomic E-state index is 0.0739. The molecule has 0 aliphatic heterocycles. The lowest BCUT2D eigenvalue weighted by Crippen LogP contribution is -2.39. The molecule has 2 nitrogen and oxygen atoms in total. The second-order valence-electron chi connectivity index (χ2n) is 4.96. The highest BCUT2D eigenvalue weighted by Gasteiger charge is 2.19. The molecule has 2 atom stereocenters. The van der Waals surface area contributed by atoms with Gasteiger partial charge < -0.3 is 10.1 Å². The van der Waals surface area contributed by atoms with E-state index in [1.54, 1.807) is 13.2 Å². The Labute approximate surface area is 130 Å². The smallest absolute Gasteiger partial charge is 0.0781 e. The fraction of sp³-hybridized carbons (Fsp3) is 0.571. The third-order valence-corrected chi connectivity index (χ3v) is 4.45. The molecule has 108 valence electrons. The number of nitrogens with one attached hydrogen (secondary N) is 1. The van der Waals surface area contributed by atoms with Crippen molar-refractivity contribution in [3.05, 3.63) is 32.8 Å². The zero-order chi connectivity index (χ0) is 14.6. The highest BCUT2D eigenvalue weighted by atomic mass is 35.5. The molecule has 0 fully saturated rings. The molecule has 1 aromatic carbocycles. The van der Waals surface area contributed by atoms with Crippen LogP contribution in [0.3, 0.4) is 0 Å². The lowest BCUT2D eigenvalue weighted by Gasteiger charge is -2.26. The van der Waals surface area contributed by atoms with Crippen LogP contribution in [-0.2, 0) is 4.74 Å². The average Bonchev–Trinajstić information content (AvgIpc) is 2.35. The molecule has 0 aliphatic carbocycles. The van der Waals surface area contributed by atoms with Gasteiger partial charge in [0, 0.05) is 19.2 Å². The van der Waals surface area contributed by atoms with Crippen molar-refractivity contribution >= 4 is 34.8 Å². The Kier molecular flexibility index (Phi) is 6.92. The van der Waals surface area contributed by atoms with E-state index >= 15 is 0 Å². The third-order valence-electron chi connectivity index (χ3n) is 3.15. The second-order valence-corrected chi connectivity index (χ2v) is 6.12. The summed E-state index contributed by atoms with van der Waals surface area (Å²) < 4.78 is 5.23. The summed E-state index contributed by atoms with van der Waals surface area (Å²) in [6, 6.07) is 4.00. The average molecular weight is 325 g/mol. The first kappa shape index (κ1) is 17.1. The fourth-order valence-corrected chi connectivity index (χ4v) is 2.61. The van der Waals surface area contributed by atoms with E-state index in [2.05, 4.69) is 26.1 Å². The molecule has 19 heavy (non-hydrogen) atoms. The van der Waals surface area contributed by atoms with E-state index < -0.39 is 0 Å². The highest BCUT2D eigenvalue weighted by Crippen LogP contribution is 2.35. The van der Waals surface area contributed by atoms with E-state index in [-0.39, 0.29) is 12.1 Å². The number of ether oxygens (including phenoxy) is 1. The Hall–Kier alpha value is 0.01000. The normalized spacial score (nSPS) is 14.7. The molecule has 0 saturated carbocycles. The van der Waals surface area contributed by atoms with Crippen LogP contribution in [0, 0.1) is 5.92 Å². The SMILES string of the molecule is COCC(NC(C)c1ccc(Cl)c(Cl)c1Cl)C(C)C. The Morgan fingerprint density at radius 3 is 2.26 bits per heavy atom. The molecule has 5 heteroatoms. The van der Waals surface area contributed by atoms with E-state index in [1.165, 1.54) is 0 Å². The van der Waals surface area contributed by atoms with Gasteiger partial charge in [-0.25, -0.2) is 0 Å². The molecule has 0 spiro atoms. The summed E-state index contributed by atoms with van der Waals surface area (Å²) in [5.41, 5.74) is 0.942. The molecule has 0 amide bonds. The van der Waals surface area contributed by atoms with E-state index in [0.29, 0.717) is 27.6 Å². The van der Waals surface area contributed by atoms with Gasteiger partial charge in [-0.2, -0.15) is 0 Å². The topological polar surface area (TPSA) is 21.3 Å². The standard InChI is InChI=1S/C14H20Cl3NO/c1-8(2)12(7-19-4)18-9(3)10-5-6-11(15)14(17)13(10)16/h5-6,8-9,12,18H,7H2,1-4H3. The fourth-order valence-electron chi connectivity index (χ4n) is 1.90. The van der Waals surface area contributed by atoms with Gasteiger partial charge in [-0.1, -0.05) is 54.7 Å². The molecule has 0 aromatic heterocycles. The molecule has 0 saturated heterocycles. The maximum atomic E-state index is 6.25. The molecule has 0 radical (unpaired) electrons. The van der Waals surface area contributed by atoms with Crippen LogP contribution in [0.4, 0.5) is 0 Å². The van der Waals surface area contributed by atoms with Crippen molar-refractivity contribution in [2.45, 2.75) is 32.9 Å². The molecular weight excluding hydrogens is 305 g/mol. The van der Waals surface area contributed by atoms with Gasteiger partial charge in [0.15, 0.2) is 0 Å². The summed E-state index contributed by atoms with van der Waals surface area (Å²) in [4.78, 5) is 0. The van der Waals surface area contributed by atoms with Crippen molar-refractivity contribution in [1.29, 1.82) is 0 Å². The summed E-state index contributed by atoms with van der Waals surface area (Å²) in [5, 5.41) is 4.90. The summed E-state index contributed by atoms with van der Waals surface area (Å²) in [5.74, 6) is 0.462. The van der Waals surface area contributed by atoms with Crippen molar-refractivity contribution in [3.63, 3.8) is 0 Å². The van der Waals surface area contributed by atoms with E-state index in [9.17, 15) is 0 Å². The molecule has 2 unspecified atom stereocenters. The molecule has 1 N–H and O–H groups in total. The van der Waals surface area contributed by atoms with Crippen LogP contribution in [0.15, 0.2) is 12.1 Å². The Balaban J connectivity index is 2.88. The van der Waals surface area contributed by atoms with Gasteiger partial charge in [-0.15, -0.1) is 0 Å². The Morgan fingerprint density at radius 1 is 1.11 bits per heavy atom. The van der Waals surface area contributed by atoms with E-state index in [4.69, 9.17) is 39.5 Å². The van der Waals surface area contributed by atoms with Gasteiger partial charge in [-0.05, 0) is 24.5 Å². The van der Waals surface area contributed by atoms with Gasteiger partial charge in [0.1, 0.15) is 0 Å². The van der Waals surface area contributed by atoms with Crippen LogP contribution < -0.4 is 5.32 Å². The first-order valence-electron chi connectivity index (χ1n) is 6.26. The lowest BCUT2D eigenvalue weighted by molar-refractivity contribution is 0.141. The Morgan fingerprint density at radius 2 is 1.74 bits per heavy atom. The molecule has 0 aliphatic rings. The molecular formula is C14H20Cl3NO. The van der Waals surface area contributed by atoms with E-state index in [1.807, 2.05) is 6.07 Å². The zero-order valence-electron chi connectivity index (χ0n) is 11.6. The number of hydrogen-bond acceptors (Lipinski definition) is 2. The zero-order valence-corrected chi connectivity index (χ0v) is 13.9. The number of hydrogen-bond donors (Lipinski definition) is 1. The van der Waals surface area contributed by atoms with Crippen molar-refractivity contribution in [3.8, 4) is 0 Å². The van der Waals surface area contributed by atoms with Crippen molar-refractivity contribution in [1.82, 2.24) is 5.32 Å². The lowest BCUT2D eigenvalue weighted by atomic mass is 10.0. The van der Waals surface area contributed by atoms with Crippen molar-refractivity contribution < 1.29 is 4.74 Å². The Bertz CT molecular complexity index is 423. The quantitative estimate of drug-likeness (QED) is 0.746. The van der Waals surface area contributed by atoms with Gasteiger partial charge in [0.05, 0.1) is 21.7 Å². The number of halogens is 3. The number of rotatable bonds is 6. The van der Waals surface area contributed by atoms with Gasteiger partial charge in [0.25, 0.3) is 0 Å².